The Kier molecular flexibility index (Phi) is 8.83. The molecule has 63 heavy (non-hydrogen) atoms. The van der Waals surface area contributed by atoms with Crippen molar-refractivity contribution < 1.29 is 4.42 Å². The molecule has 0 saturated carbocycles. The molecule has 2 aromatic heterocycles. The number of anilines is 3. The molecule has 3 heteroatoms. The van der Waals surface area contributed by atoms with Crippen molar-refractivity contribution in [2.75, 3.05) is 4.90 Å². The van der Waals surface area contributed by atoms with Gasteiger partial charge in [0.1, 0.15) is 11.2 Å². The summed E-state index contributed by atoms with van der Waals surface area (Å²) in [5.74, 6) is 0. The van der Waals surface area contributed by atoms with Crippen molar-refractivity contribution in [3.8, 4) is 50.2 Å². The van der Waals surface area contributed by atoms with Crippen molar-refractivity contribution in [3.63, 3.8) is 0 Å². The highest BCUT2D eigenvalue weighted by atomic mass is 16.3. The van der Waals surface area contributed by atoms with Gasteiger partial charge in [-0.2, -0.15) is 0 Å². The van der Waals surface area contributed by atoms with Crippen molar-refractivity contribution in [1.82, 2.24) is 4.57 Å². The smallest absolute Gasteiger partial charge is 0.143 e. The SMILES string of the molecule is c1ccc(-c2cccc3c2c2ccccc2n3-c2ccccc2-c2ccc(-c3ccc(N(c4ccccc4)c4ccc(-c5cccc6c5oc5ccccc56)cc4)cc3)cc2)cc1. The van der Waals surface area contributed by atoms with Crippen LogP contribution in [0.2, 0.25) is 0 Å². The molecule has 0 bridgehead atoms. The maximum Gasteiger partial charge on any atom is 0.143 e. The van der Waals surface area contributed by atoms with Crippen LogP contribution in [0.25, 0.3) is 93.9 Å². The van der Waals surface area contributed by atoms with Crippen LogP contribution in [-0.2, 0) is 0 Å². The molecule has 296 valence electrons. The van der Waals surface area contributed by atoms with Crippen molar-refractivity contribution in [2.24, 2.45) is 0 Å². The normalized spacial score (nSPS) is 11.5. The lowest BCUT2D eigenvalue weighted by Crippen LogP contribution is -2.09. The highest BCUT2D eigenvalue weighted by Gasteiger charge is 2.19. The average molecular weight is 805 g/mol. The van der Waals surface area contributed by atoms with Crippen LogP contribution in [0.5, 0.6) is 0 Å². The minimum absolute atomic E-state index is 0.907. The molecule has 0 aliphatic heterocycles. The molecule has 10 aromatic carbocycles. The number of hydrogen-bond donors (Lipinski definition) is 0. The first-order valence-corrected chi connectivity index (χ1v) is 21.5. The van der Waals surface area contributed by atoms with E-state index in [1.165, 1.54) is 49.6 Å². The number of rotatable bonds is 8. The fourth-order valence-electron chi connectivity index (χ4n) is 9.48. The molecule has 0 N–H and O–H groups in total. The number of hydrogen-bond acceptors (Lipinski definition) is 2. The molecular weight excluding hydrogens is 765 g/mol. The average Bonchev–Trinajstić information content (AvgIpc) is 3.91. The molecule has 0 atom stereocenters. The summed E-state index contributed by atoms with van der Waals surface area (Å²) in [5.41, 5.74) is 18.0. The number of nitrogens with zero attached hydrogens (tertiary/aromatic N) is 2. The fraction of sp³-hybridized carbons (Fsp3) is 0. The Balaban J connectivity index is 0.869. The Bertz CT molecular complexity index is 3580. The van der Waals surface area contributed by atoms with Crippen LogP contribution in [0.4, 0.5) is 17.1 Å². The van der Waals surface area contributed by atoms with E-state index in [9.17, 15) is 0 Å². The maximum atomic E-state index is 6.38. The monoisotopic (exact) mass is 804 g/mol. The lowest BCUT2D eigenvalue weighted by molar-refractivity contribution is 0.670. The molecule has 3 nitrogen and oxygen atoms in total. The summed E-state index contributed by atoms with van der Waals surface area (Å²) < 4.78 is 8.82. The van der Waals surface area contributed by atoms with Gasteiger partial charge in [0.15, 0.2) is 0 Å². The van der Waals surface area contributed by atoms with Gasteiger partial charge in [-0.15, -0.1) is 0 Å². The van der Waals surface area contributed by atoms with E-state index in [-0.39, 0.29) is 0 Å². The van der Waals surface area contributed by atoms with Gasteiger partial charge in [0.2, 0.25) is 0 Å². The van der Waals surface area contributed by atoms with Crippen molar-refractivity contribution >= 4 is 60.8 Å². The van der Waals surface area contributed by atoms with Crippen LogP contribution >= 0.6 is 0 Å². The van der Waals surface area contributed by atoms with Gasteiger partial charge in [-0.3, -0.25) is 0 Å². The summed E-state index contributed by atoms with van der Waals surface area (Å²) in [7, 11) is 0. The van der Waals surface area contributed by atoms with Crippen molar-refractivity contribution in [2.45, 2.75) is 0 Å². The second kappa shape index (κ2) is 15.3. The Hall–Kier alpha value is -8.40. The minimum Gasteiger partial charge on any atom is -0.455 e. The van der Waals surface area contributed by atoms with Crippen LogP contribution < -0.4 is 4.90 Å². The number of aromatic nitrogens is 1. The third-order valence-corrected chi connectivity index (χ3v) is 12.4. The zero-order valence-electron chi connectivity index (χ0n) is 34.4. The summed E-state index contributed by atoms with van der Waals surface area (Å²) in [6, 6.07) is 86.9. The third-order valence-electron chi connectivity index (χ3n) is 12.4. The summed E-state index contributed by atoms with van der Waals surface area (Å²) in [6.45, 7) is 0. The van der Waals surface area contributed by atoms with Crippen molar-refractivity contribution in [1.29, 1.82) is 0 Å². The summed E-state index contributed by atoms with van der Waals surface area (Å²) in [4.78, 5) is 2.31. The lowest BCUT2D eigenvalue weighted by atomic mass is 9.98. The largest absolute Gasteiger partial charge is 0.455 e. The van der Waals surface area contributed by atoms with Gasteiger partial charge in [-0.25, -0.2) is 0 Å². The van der Waals surface area contributed by atoms with E-state index < -0.39 is 0 Å². The predicted octanol–water partition coefficient (Wildman–Crippen LogP) is 16.8. The first-order valence-electron chi connectivity index (χ1n) is 21.5. The lowest BCUT2D eigenvalue weighted by Gasteiger charge is -2.26. The third kappa shape index (κ3) is 6.29. The Morgan fingerprint density at radius 1 is 0.302 bits per heavy atom. The van der Waals surface area contributed by atoms with Crippen LogP contribution in [-0.4, -0.2) is 4.57 Å². The van der Waals surface area contributed by atoms with E-state index in [1.807, 2.05) is 12.1 Å². The van der Waals surface area contributed by atoms with Gasteiger partial charge < -0.3 is 13.9 Å². The molecule has 0 fully saturated rings. The summed E-state index contributed by atoms with van der Waals surface area (Å²) in [5, 5.41) is 4.79. The van der Waals surface area contributed by atoms with Gasteiger partial charge in [0.25, 0.3) is 0 Å². The molecule has 0 aliphatic rings. The molecule has 0 radical (unpaired) electrons. The Morgan fingerprint density at radius 3 is 1.54 bits per heavy atom. The zero-order chi connectivity index (χ0) is 41.7. The quantitative estimate of drug-likeness (QED) is 0.153. The van der Waals surface area contributed by atoms with Gasteiger partial charge in [-0.05, 0) is 94.0 Å². The topological polar surface area (TPSA) is 21.3 Å². The van der Waals surface area contributed by atoms with Crippen LogP contribution in [0.1, 0.15) is 0 Å². The summed E-state index contributed by atoms with van der Waals surface area (Å²) in [6.07, 6.45) is 0. The molecule has 0 unspecified atom stereocenters. The number of furan rings is 1. The van der Waals surface area contributed by atoms with E-state index in [0.29, 0.717) is 0 Å². The highest BCUT2D eigenvalue weighted by Crippen LogP contribution is 2.42. The van der Waals surface area contributed by atoms with E-state index in [1.54, 1.807) is 0 Å². The van der Waals surface area contributed by atoms with Gasteiger partial charge in [0.05, 0.1) is 16.7 Å². The Morgan fingerprint density at radius 2 is 0.778 bits per heavy atom. The first-order chi connectivity index (χ1) is 31.3. The zero-order valence-corrected chi connectivity index (χ0v) is 34.4. The van der Waals surface area contributed by atoms with Crippen LogP contribution in [0, 0.1) is 0 Å². The number of benzene rings is 10. The van der Waals surface area contributed by atoms with E-state index >= 15 is 0 Å². The van der Waals surface area contributed by atoms with Gasteiger partial charge in [-0.1, -0.05) is 182 Å². The van der Waals surface area contributed by atoms with E-state index in [4.69, 9.17) is 4.42 Å². The molecule has 0 aliphatic carbocycles. The number of fused-ring (bicyclic) bond motifs is 6. The van der Waals surface area contributed by atoms with Gasteiger partial charge >= 0.3 is 0 Å². The maximum absolute atomic E-state index is 6.38. The van der Waals surface area contributed by atoms with Crippen LogP contribution in [0.15, 0.2) is 247 Å². The molecule has 0 saturated heterocycles. The molecule has 2 heterocycles. The minimum atomic E-state index is 0.907. The van der Waals surface area contributed by atoms with E-state index in [0.717, 1.165) is 61.4 Å². The molecular formula is C60H40N2O. The standard InChI is InChI=1S/C60H40N2O/c1-3-15-43(16-4-1)50-22-14-27-57-59(50)54-21-8-11-26-56(54)62(57)55-25-10-7-19-49(55)44-31-29-41(30-32-44)42-33-37-47(38-34-42)61(46-17-5-2-6-18-46)48-39-35-45(36-40-48)51-23-13-24-53-52-20-9-12-28-58(52)63-60(51)53/h1-40H. The Labute approximate surface area is 366 Å². The second-order valence-corrected chi connectivity index (χ2v) is 16.1. The first kappa shape index (κ1) is 36.5. The molecule has 0 spiro atoms. The molecule has 0 amide bonds. The summed E-state index contributed by atoms with van der Waals surface area (Å²) >= 11 is 0. The molecule has 12 rings (SSSR count). The molecule has 12 aromatic rings. The van der Waals surface area contributed by atoms with E-state index in [2.05, 4.69) is 240 Å². The van der Waals surface area contributed by atoms with Gasteiger partial charge in [0, 0.05) is 49.7 Å². The van der Waals surface area contributed by atoms with Crippen molar-refractivity contribution in [3.05, 3.63) is 243 Å². The predicted molar refractivity (Wildman–Crippen MR) is 264 cm³/mol. The second-order valence-electron chi connectivity index (χ2n) is 16.1. The highest BCUT2D eigenvalue weighted by molar-refractivity contribution is 6.16. The fourth-order valence-corrected chi connectivity index (χ4v) is 9.48. The number of para-hydroxylation sites is 5. The van der Waals surface area contributed by atoms with Crippen LogP contribution in [0.3, 0.4) is 0 Å².